The molecular weight excluding hydrogens is 316 g/mol. The number of nitrogens with one attached hydrogen (secondary N) is 2. The number of carbonyl (C=O) groups excluding carboxylic acids is 1. The number of aromatic amines is 1. The second kappa shape index (κ2) is 6.98. The van der Waals surface area contributed by atoms with Gasteiger partial charge in [0.25, 0.3) is 0 Å². The predicted octanol–water partition coefficient (Wildman–Crippen LogP) is 3.13. The normalized spacial score (nSPS) is 24.4. The minimum atomic E-state index is -0.196. The molecular formula is C19H30N4O2. The fraction of sp³-hybridized carbons (Fsp3) is 0.789. The van der Waals surface area contributed by atoms with Gasteiger partial charge in [0.1, 0.15) is 6.10 Å². The van der Waals surface area contributed by atoms with E-state index in [9.17, 15) is 4.79 Å². The number of rotatable bonds is 4. The van der Waals surface area contributed by atoms with E-state index in [2.05, 4.69) is 26.5 Å². The van der Waals surface area contributed by atoms with Gasteiger partial charge in [-0.1, -0.05) is 0 Å². The van der Waals surface area contributed by atoms with E-state index in [-0.39, 0.29) is 12.2 Å². The molecule has 1 aromatic heterocycles. The first-order chi connectivity index (χ1) is 12.1. The van der Waals surface area contributed by atoms with Crippen LogP contribution >= 0.6 is 0 Å². The zero-order valence-corrected chi connectivity index (χ0v) is 15.2. The summed E-state index contributed by atoms with van der Waals surface area (Å²) in [6.45, 7) is 5.24. The number of carbonyl (C=O) groups is 1. The highest BCUT2D eigenvalue weighted by molar-refractivity contribution is 5.68. The Morgan fingerprint density at radius 2 is 2.08 bits per heavy atom. The summed E-state index contributed by atoms with van der Waals surface area (Å²) in [7, 11) is 0. The van der Waals surface area contributed by atoms with Gasteiger partial charge in [-0.25, -0.2) is 4.79 Å². The molecule has 2 saturated carbocycles. The van der Waals surface area contributed by atoms with Crippen molar-refractivity contribution in [2.24, 2.45) is 5.41 Å². The molecule has 6 heteroatoms. The number of nitrogens with zero attached hydrogens (tertiary/aromatic N) is 2. The third kappa shape index (κ3) is 4.00. The third-order valence-electron chi connectivity index (χ3n) is 6.32. The maximum absolute atomic E-state index is 12.0. The SMILES string of the molecule is Cc1cc(CN2CCC3(CC2)CC(NC(=O)OC2CCCC2)C3)n[nH]1. The number of aromatic nitrogens is 2. The standard InChI is InChI=1S/C19H30N4O2/c1-14-10-15(22-21-14)13-23-8-6-19(7-9-23)11-16(12-19)20-18(24)25-17-4-2-3-5-17/h10,16-17H,2-9,11-13H2,1H3,(H,20,24)(H,21,22). The summed E-state index contributed by atoms with van der Waals surface area (Å²) in [5.41, 5.74) is 2.71. The molecule has 1 aliphatic heterocycles. The van der Waals surface area contributed by atoms with Gasteiger partial charge in [0.05, 0.1) is 5.69 Å². The number of amides is 1. The molecule has 138 valence electrons. The Morgan fingerprint density at radius 1 is 1.36 bits per heavy atom. The second-order valence-electron chi connectivity index (χ2n) is 8.38. The number of alkyl carbamates (subject to hydrolysis) is 1. The Hall–Kier alpha value is -1.56. The smallest absolute Gasteiger partial charge is 0.407 e. The number of aryl methyl sites for hydroxylation is 1. The molecule has 4 rings (SSSR count). The highest BCUT2D eigenvalue weighted by Crippen LogP contribution is 2.49. The van der Waals surface area contributed by atoms with Crippen molar-refractivity contribution in [1.82, 2.24) is 20.4 Å². The summed E-state index contributed by atoms with van der Waals surface area (Å²) in [5, 5.41) is 10.4. The largest absolute Gasteiger partial charge is 0.446 e. The monoisotopic (exact) mass is 346 g/mol. The molecule has 3 fully saturated rings. The number of piperidine rings is 1. The first-order valence-corrected chi connectivity index (χ1v) is 9.81. The average molecular weight is 346 g/mol. The van der Waals surface area contributed by atoms with E-state index in [1.165, 1.54) is 25.7 Å². The summed E-state index contributed by atoms with van der Waals surface area (Å²) < 4.78 is 5.51. The van der Waals surface area contributed by atoms with Gasteiger partial charge in [0.15, 0.2) is 0 Å². The second-order valence-corrected chi connectivity index (χ2v) is 8.38. The van der Waals surface area contributed by atoms with E-state index in [1.807, 2.05) is 6.92 Å². The molecule has 2 N–H and O–H groups in total. The third-order valence-corrected chi connectivity index (χ3v) is 6.32. The van der Waals surface area contributed by atoms with E-state index in [0.29, 0.717) is 11.5 Å². The topological polar surface area (TPSA) is 70.2 Å². The molecule has 6 nitrogen and oxygen atoms in total. The van der Waals surface area contributed by atoms with Crippen molar-refractivity contribution < 1.29 is 9.53 Å². The molecule has 1 saturated heterocycles. The van der Waals surface area contributed by atoms with Gasteiger partial charge in [-0.3, -0.25) is 10.00 Å². The Balaban J connectivity index is 1.17. The molecule has 2 aliphatic carbocycles. The maximum Gasteiger partial charge on any atom is 0.407 e. The van der Waals surface area contributed by atoms with Crippen LogP contribution in [0.25, 0.3) is 0 Å². The van der Waals surface area contributed by atoms with Crippen LogP contribution in [0.5, 0.6) is 0 Å². The van der Waals surface area contributed by atoms with E-state index < -0.39 is 0 Å². The van der Waals surface area contributed by atoms with E-state index in [4.69, 9.17) is 4.74 Å². The predicted molar refractivity (Wildman–Crippen MR) is 95.2 cm³/mol. The van der Waals surface area contributed by atoms with Crippen LogP contribution in [0.4, 0.5) is 4.79 Å². The van der Waals surface area contributed by atoms with Crippen molar-refractivity contribution in [3.05, 3.63) is 17.5 Å². The number of hydrogen-bond acceptors (Lipinski definition) is 4. The lowest BCUT2D eigenvalue weighted by Gasteiger charge is -2.52. The number of hydrogen-bond donors (Lipinski definition) is 2. The van der Waals surface area contributed by atoms with Crippen LogP contribution in [-0.4, -0.2) is 46.4 Å². The Morgan fingerprint density at radius 3 is 2.72 bits per heavy atom. The van der Waals surface area contributed by atoms with Crippen LogP contribution in [0.15, 0.2) is 6.07 Å². The van der Waals surface area contributed by atoms with Gasteiger partial charge in [-0.2, -0.15) is 5.10 Å². The molecule has 0 atom stereocenters. The Labute approximate surface area is 149 Å². The zero-order chi connectivity index (χ0) is 17.3. The lowest BCUT2D eigenvalue weighted by Crippen LogP contribution is -2.55. The number of ether oxygens (including phenoxy) is 1. The maximum atomic E-state index is 12.0. The van der Waals surface area contributed by atoms with Crippen molar-refractivity contribution in [2.75, 3.05) is 13.1 Å². The van der Waals surface area contributed by atoms with Gasteiger partial charge >= 0.3 is 6.09 Å². The zero-order valence-electron chi connectivity index (χ0n) is 15.2. The van der Waals surface area contributed by atoms with Crippen molar-refractivity contribution in [3.8, 4) is 0 Å². The number of H-pyrrole nitrogens is 1. The van der Waals surface area contributed by atoms with Gasteiger partial charge in [-0.05, 0) is 82.9 Å². The minimum Gasteiger partial charge on any atom is -0.446 e. The molecule has 2 heterocycles. The minimum absolute atomic E-state index is 0.156. The van der Waals surface area contributed by atoms with Crippen LogP contribution in [0.1, 0.15) is 62.8 Å². The summed E-state index contributed by atoms with van der Waals surface area (Å²) in [6, 6.07) is 2.44. The molecule has 1 spiro atoms. The quantitative estimate of drug-likeness (QED) is 0.879. The molecule has 0 bridgehead atoms. The van der Waals surface area contributed by atoms with E-state index >= 15 is 0 Å². The van der Waals surface area contributed by atoms with Crippen LogP contribution in [0.2, 0.25) is 0 Å². The van der Waals surface area contributed by atoms with E-state index in [1.54, 1.807) is 0 Å². The lowest BCUT2D eigenvalue weighted by molar-refractivity contribution is 0.000749. The molecule has 0 radical (unpaired) electrons. The Bertz CT molecular complexity index is 592. The molecule has 0 unspecified atom stereocenters. The molecule has 3 aliphatic rings. The average Bonchev–Trinajstić information content (AvgIpc) is 3.19. The van der Waals surface area contributed by atoms with Crippen LogP contribution in [-0.2, 0) is 11.3 Å². The summed E-state index contributed by atoms with van der Waals surface area (Å²) in [5.74, 6) is 0. The van der Waals surface area contributed by atoms with Crippen molar-refractivity contribution in [3.63, 3.8) is 0 Å². The molecule has 1 amide bonds. The number of likely N-dealkylation sites (tertiary alicyclic amines) is 1. The van der Waals surface area contributed by atoms with Crippen LogP contribution in [0.3, 0.4) is 0 Å². The van der Waals surface area contributed by atoms with Crippen LogP contribution in [0, 0.1) is 12.3 Å². The van der Waals surface area contributed by atoms with Crippen molar-refractivity contribution >= 4 is 6.09 Å². The van der Waals surface area contributed by atoms with Crippen molar-refractivity contribution in [2.45, 2.75) is 77.0 Å². The summed E-state index contributed by atoms with van der Waals surface area (Å²) >= 11 is 0. The fourth-order valence-corrected chi connectivity index (χ4v) is 4.82. The van der Waals surface area contributed by atoms with E-state index in [0.717, 1.165) is 56.7 Å². The molecule has 0 aromatic carbocycles. The van der Waals surface area contributed by atoms with Crippen molar-refractivity contribution in [1.29, 1.82) is 0 Å². The highest BCUT2D eigenvalue weighted by atomic mass is 16.6. The molecule has 25 heavy (non-hydrogen) atoms. The van der Waals surface area contributed by atoms with Gasteiger partial charge in [0, 0.05) is 18.3 Å². The Kier molecular flexibility index (Phi) is 4.71. The first kappa shape index (κ1) is 16.9. The summed E-state index contributed by atoms with van der Waals surface area (Å²) in [6.07, 6.45) is 9.10. The fourth-order valence-electron chi connectivity index (χ4n) is 4.82. The summed E-state index contributed by atoms with van der Waals surface area (Å²) in [4.78, 5) is 14.5. The van der Waals surface area contributed by atoms with Gasteiger partial charge in [-0.15, -0.1) is 0 Å². The highest BCUT2D eigenvalue weighted by Gasteiger charge is 2.46. The molecule has 1 aromatic rings. The van der Waals surface area contributed by atoms with Crippen LogP contribution < -0.4 is 5.32 Å². The van der Waals surface area contributed by atoms with Gasteiger partial charge in [0.2, 0.25) is 0 Å². The lowest BCUT2D eigenvalue weighted by atomic mass is 9.60. The van der Waals surface area contributed by atoms with Gasteiger partial charge < -0.3 is 10.1 Å². The first-order valence-electron chi connectivity index (χ1n) is 9.81.